The van der Waals surface area contributed by atoms with E-state index in [1.807, 2.05) is 176 Å². The molecule has 0 aliphatic heterocycles. The zero-order valence-corrected chi connectivity index (χ0v) is 60.6. The van der Waals surface area contributed by atoms with Gasteiger partial charge in [-0.3, -0.25) is 0 Å². The van der Waals surface area contributed by atoms with E-state index in [-0.39, 0.29) is 0 Å². The number of nitriles is 5. The lowest BCUT2D eigenvalue weighted by Gasteiger charge is -2.13. The first-order valence-corrected chi connectivity index (χ1v) is 37.1. The van der Waals surface area contributed by atoms with E-state index >= 15 is 0 Å². The summed E-state index contributed by atoms with van der Waals surface area (Å²) in [6.45, 7) is 7.51. The third-order valence-corrected chi connectivity index (χ3v) is 21.8. The highest BCUT2D eigenvalue weighted by molar-refractivity contribution is 6.18. The number of aromatic nitrogens is 4. The summed E-state index contributed by atoms with van der Waals surface area (Å²) in [4.78, 5) is 3.65. The molecule has 0 unspecified atom stereocenters. The molecule has 0 spiro atoms. The van der Waals surface area contributed by atoms with Crippen molar-refractivity contribution in [3.63, 3.8) is 0 Å². The van der Waals surface area contributed by atoms with Crippen molar-refractivity contribution < 1.29 is 8.83 Å². The maximum atomic E-state index is 10.2. The van der Waals surface area contributed by atoms with Crippen LogP contribution >= 0.6 is 0 Å². The smallest absolute Gasteiger partial charge is 0.189 e. The number of hydrogen-bond donors (Lipinski definition) is 0. The summed E-state index contributed by atoms with van der Waals surface area (Å²) in [6, 6.07) is 125. The van der Waals surface area contributed by atoms with Crippen LogP contribution in [0.4, 0.5) is 5.69 Å². The van der Waals surface area contributed by atoms with E-state index in [1.165, 1.54) is 0 Å². The number of fused-ring (bicyclic) bond motifs is 18. The van der Waals surface area contributed by atoms with Crippen LogP contribution < -0.4 is 0 Å². The molecule has 0 aliphatic rings. The van der Waals surface area contributed by atoms with Crippen LogP contribution in [-0.4, -0.2) is 18.3 Å². The fourth-order valence-electron chi connectivity index (χ4n) is 16.8. The molecule has 0 fully saturated rings. The Kier molecular flexibility index (Phi) is 15.9. The fourth-order valence-corrected chi connectivity index (χ4v) is 16.8. The lowest BCUT2D eigenvalue weighted by atomic mass is 9.97. The highest BCUT2D eigenvalue weighted by Gasteiger charge is 2.23. The Hall–Kier alpha value is -16.7. The number of benzene rings is 16. The summed E-state index contributed by atoms with van der Waals surface area (Å²) in [7, 11) is 0. The van der Waals surface area contributed by atoms with Gasteiger partial charge < -0.3 is 27.1 Å². The summed E-state index contributed by atoms with van der Waals surface area (Å²) >= 11 is 0. The van der Waals surface area contributed by atoms with Gasteiger partial charge in [0.1, 0.15) is 22.3 Å². The average Bonchev–Trinajstić information content (AvgIpc) is 1.48. The van der Waals surface area contributed by atoms with Gasteiger partial charge in [0, 0.05) is 92.9 Å². The quantitative estimate of drug-likeness (QED) is 0.143. The molecule has 526 valence electrons. The van der Waals surface area contributed by atoms with E-state index in [4.69, 9.17) is 15.4 Å². The minimum absolute atomic E-state index is 0.576. The highest BCUT2D eigenvalue weighted by atomic mass is 16.3. The molecule has 0 N–H and O–H groups in total. The van der Waals surface area contributed by atoms with Crippen LogP contribution in [0.25, 0.3) is 192 Å². The molecule has 6 aromatic heterocycles. The molecule has 22 aromatic rings. The molecular weight excluding hydrogens is 1400 g/mol. The van der Waals surface area contributed by atoms with E-state index < -0.39 is 0 Å². The van der Waals surface area contributed by atoms with Crippen molar-refractivity contribution in [3.8, 4) is 86.5 Å². The predicted octanol–water partition coefficient (Wildman–Crippen LogP) is 26.2. The Morgan fingerprint density at radius 3 is 1.27 bits per heavy atom. The first-order chi connectivity index (χ1) is 56.2. The second-order valence-corrected chi connectivity index (χ2v) is 28.2. The number of furan rings is 2. The average molecular weight is 1450 g/mol. The van der Waals surface area contributed by atoms with Crippen LogP contribution in [0.2, 0.25) is 0 Å². The maximum absolute atomic E-state index is 10.2. The van der Waals surface area contributed by atoms with Crippen LogP contribution in [0.15, 0.2) is 349 Å². The topological polar surface area (TPSA) is 169 Å². The minimum atomic E-state index is 0.576. The molecule has 12 nitrogen and oxygen atoms in total. The Morgan fingerprint density at radius 2 is 0.640 bits per heavy atom. The SMILES string of the molecule is N#Cc1cc(-c2cccc3c2c2ccccc2n3-c2ccccc2)cc(-n2c3ccccc3c3cc(C#N)ccc32)c1.N#Cc1cc(-c2cccc3oc4ccccc4c23)cc(-n2c3ccccc3c3cc(C#N)ccc32)c1.[C-]#[N+]c1ccc2c3cc(-c4ccc5c(c4)oc4ccccc45)ccc3n(-c3cccc(C#N)c3)c2c1. The second kappa shape index (κ2) is 27.2. The Bertz CT molecular complexity index is 8100. The highest BCUT2D eigenvalue weighted by Crippen LogP contribution is 2.45. The van der Waals surface area contributed by atoms with Crippen molar-refractivity contribution in [3.05, 3.63) is 379 Å². The molecule has 0 saturated heterocycles. The third kappa shape index (κ3) is 11.0. The number of para-hydroxylation sites is 6. The fraction of sp³-hybridized carbons (Fsp3) is 0. The molecule has 114 heavy (non-hydrogen) atoms. The molecule has 0 bridgehead atoms. The maximum Gasteiger partial charge on any atom is 0.189 e. The van der Waals surface area contributed by atoms with Gasteiger partial charge in [0.15, 0.2) is 5.69 Å². The van der Waals surface area contributed by atoms with Crippen molar-refractivity contribution >= 4 is 137 Å². The van der Waals surface area contributed by atoms with Gasteiger partial charge in [0.25, 0.3) is 0 Å². The summed E-state index contributed by atoms with van der Waals surface area (Å²) in [5, 5.41) is 61.5. The number of hydrogen-bond acceptors (Lipinski definition) is 7. The van der Waals surface area contributed by atoms with E-state index in [2.05, 4.69) is 211 Å². The Labute approximate surface area is 651 Å². The molecule has 0 saturated carbocycles. The Morgan fingerprint density at radius 1 is 0.228 bits per heavy atom. The van der Waals surface area contributed by atoms with Gasteiger partial charge >= 0.3 is 0 Å². The molecule has 0 aliphatic carbocycles. The van der Waals surface area contributed by atoms with Crippen LogP contribution in [-0.2, 0) is 0 Å². The second-order valence-electron chi connectivity index (χ2n) is 28.2. The summed E-state index contributed by atoms with van der Waals surface area (Å²) in [6.07, 6.45) is 0. The number of nitrogens with zero attached hydrogens (tertiary/aromatic N) is 10. The summed E-state index contributed by atoms with van der Waals surface area (Å²) in [5.74, 6) is 0. The lowest BCUT2D eigenvalue weighted by Crippen LogP contribution is -1.96. The van der Waals surface area contributed by atoms with E-state index in [0.717, 1.165) is 187 Å². The van der Waals surface area contributed by atoms with Gasteiger partial charge in [0.2, 0.25) is 0 Å². The largest absolute Gasteiger partial charge is 0.456 e. The van der Waals surface area contributed by atoms with Crippen LogP contribution in [0.1, 0.15) is 27.8 Å². The van der Waals surface area contributed by atoms with Gasteiger partial charge in [-0.05, 0) is 209 Å². The zero-order valence-electron chi connectivity index (χ0n) is 60.6. The number of rotatable bonds is 7. The third-order valence-electron chi connectivity index (χ3n) is 21.8. The first-order valence-electron chi connectivity index (χ1n) is 37.1. The minimum Gasteiger partial charge on any atom is -0.456 e. The molecular formula is C102H56N10O2. The van der Waals surface area contributed by atoms with E-state index in [1.54, 1.807) is 6.07 Å². The van der Waals surface area contributed by atoms with Crippen molar-refractivity contribution in [2.45, 2.75) is 0 Å². The van der Waals surface area contributed by atoms with Crippen molar-refractivity contribution in [2.75, 3.05) is 0 Å². The van der Waals surface area contributed by atoms with Crippen molar-refractivity contribution in [1.82, 2.24) is 18.3 Å². The summed E-state index contributed by atoms with van der Waals surface area (Å²) in [5.41, 5.74) is 25.2. The standard InChI is InChI=1S/C38H22N4.2C32H17N3O/c39-23-25-17-18-36-33(21-25)31-11-4-6-14-34(31)42(36)29-20-26(24-40)19-27(22-29)30-13-8-16-37-38(30)32-12-5-7-15-35(32)41(37)28-9-2-1-3-10-28;1-34-23-11-13-25-28-16-21(22-9-12-27-26-7-2-3-8-31(26)36-32(27)17-22)10-14-29(28)35(30(25)18-23)24-6-4-5-20(15-24)19-33;33-18-20-12-13-29-27(16-20)25-6-1-3-9-28(25)35(29)23-15-21(19-34)14-22(17-23)24-8-5-11-31-32(24)26-7-2-4-10-30(26)36-31/h1-22H;2-18H;1-17H. The molecule has 0 atom stereocenters. The first kappa shape index (κ1) is 66.7. The molecule has 0 radical (unpaired) electrons. The molecule has 22 rings (SSSR count). The van der Waals surface area contributed by atoms with Crippen molar-refractivity contribution in [2.24, 2.45) is 0 Å². The molecule has 16 aromatic carbocycles. The molecule has 12 heteroatoms. The molecule has 0 amide bonds. The Balaban J connectivity index is 0.000000111. The van der Waals surface area contributed by atoms with Crippen LogP contribution in [0, 0.1) is 63.2 Å². The predicted molar refractivity (Wildman–Crippen MR) is 457 cm³/mol. The van der Waals surface area contributed by atoms with E-state index in [0.29, 0.717) is 33.5 Å². The van der Waals surface area contributed by atoms with Crippen molar-refractivity contribution in [1.29, 1.82) is 26.3 Å². The van der Waals surface area contributed by atoms with E-state index in [9.17, 15) is 26.3 Å². The monoisotopic (exact) mass is 1450 g/mol. The van der Waals surface area contributed by atoms with Gasteiger partial charge in [-0.1, -0.05) is 164 Å². The van der Waals surface area contributed by atoms with Gasteiger partial charge in [-0.2, -0.15) is 26.3 Å². The van der Waals surface area contributed by atoms with Gasteiger partial charge in [-0.25, -0.2) is 4.85 Å². The van der Waals surface area contributed by atoms with Crippen LogP contribution in [0.5, 0.6) is 0 Å². The molecule has 6 heterocycles. The van der Waals surface area contributed by atoms with Gasteiger partial charge in [0.05, 0.1) is 103 Å². The summed E-state index contributed by atoms with van der Waals surface area (Å²) < 4.78 is 21.0. The zero-order chi connectivity index (χ0) is 76.7. The normalized spacial score (nSPS) is 11.3. The lowest BCUT2D eigenvalue weighted by molar-refractivity contribution is 0.668. The van der Waals surface area contributed by atoms with Gasteiger partial charge in [-0.15, -0.1) is 0 Å². The van der Waals surface area contributed by atoms with Crippen LogP contribution in [0.3, 0.4) is 0 Å².